The van der Waals surface area contributed by atoms with E-state index in [1.54, 1.807) is 14.4 Å². The predicted octanol–water partition coefficient (Wildman–Crippen LogP) is 2.98. The second-order valence-corrected chi connectivity index (χ2v) is 18.3. The monoisotopic (exact) mass is 606 g/mol. The van der Waals surface area contributed by atoms with Crippen molar-refractivity contribution in [3.8, 4) is 11.1 Å². The minimum atomic E-state index is -2.26. The third-order valence-electron chi connectivity index (χ3n) is 7.57. The first-order valence-corrected chi connectivity index (χ1v) is 17.0. The number of benzene rings is 3. The van der Waals surface area contributed by atoms with Crippen molar-refractivity contribution in [2.24, 2.45) is 0 Å². The number of rotatable bonds is 3. The van der Waals surface area contributed by atoms with Gasteiger partial charge in [0.2, 0.25) is 0 Å². The zero-order valence-corrected chi connectivity index (χ0v) is 27.1. The van der Waals surface area contributed by atoms with Crippen molar-refractivity contribution in [3.05, 3.63) is 116 Å². The molecular weight excluding hydrogens is 571 g/mol. The van der Waals surface area contributed by atoms with Crippen molar-refractivity contribution in [3.63, 3.8) is 0 Å². The fraction of sp³-hybridized carbons (Fsp3) is 0.324. The molecule has 0 aliphatic heterocycles. The van der Waals surface area contributed by atoms with E-state index >= 15 is 0 Å². The van der Waals surface area contributed by atoms with Crippen molar-refractivity contribution in [2.45, 2.75) is 69.3 Å². The molecule has 0 spiro atoms. The average molecular weight is 609 g/mol. The van der Waals surface area contributed by atoms with E-state index in [4.69, 9.17) is 0 Å². The van der Waals surface area contributed by atoms with E-state index in [0.29, 0.717) is 3.63 Å². The Hall–Kier alpha value is -1.53. The van der Waals surface area contributed by atoms with Crippen molar-refractivity contribution >= 4 is 3.71 Å². The summed E-state index contributed by atoms with van der Waals surface area (Å²) in [6.45, 7) is 16.2. The molecule has 3 aromatic carbocycles. The maximum absolute atomic E-state index is 2.72. The zero-order chi connectivity index (χ0) is 25.0. The molecule has 3 aromatic rings. The van der Waals surface area contributed by atoms with Crippen LogP contribution in [0.1, 0.15) is 85.0 Å². The van der Waals surface area contributed by atoms with Crippen LogP contribution in [0, 0.1) is 6.92 Å². The summed E-state index contributed by atoms with van der Waals surface area (Å²) in [5, 5.41) is 0. The first-order chi connectivity index (χ1) is 16.5. The summed E-state index contributed by atoms with van der Waals surface area (Å²) >= 11 is -2.26. The van der Waals surface area contributed by atoms with E-state index in [-0.39, 0.29) is 35.6 Å². The summed E-state index contributed by atoms with van der Waals surface area (Å²) in [6, 6.07) is 23.9. The van der Waals surface area contributed by atoms with E-state index in [1.165, 1.54) is 33.4 Å². The maximum atomic E-state index is 2.72. The van der Waals surface area contributed by atoms with Gasteiger partial charge in [0, 0.05) is 0 Å². The summed E-state index contributed by atoms with van der Waals surface area (Å²) in [7, 11) is 0. The number of hydrogen-bond donors (Lipinski definition) is 0. The molecule has 0 amide bonds. The fourth-order valence-electron chi connectivity index (χ4n) is 5.48. The maximum Gasteiger partial charge on any atom is -1.00 e. The molecule has 2 aliphatic rings. The predicted molar refractivity (Wildman–Crippen MR) is 149 cm³/mol. The molecule has 0 saturated carbocycles. The molecule has 3 heteroatoms. The van der Waals surface area contributed by atoms with E-state index in [9.17, 15) is 0 Å². The van der Waals surface area contributed by atoms with Crippen molar-refractivity contribution in [1.82, 2.24) is 0 Å². The van der Waals surface area contributed by atoms with Gasteiger partial charge in [-0.15, -0.1) is 0 Å². The number of fused-ring (bicyclic) bond motifs is 3. The second kappa shape index (κ2) is 11.3. The molecule has 37 heavy (non-hydrogen) atoms. The van der Waals surface area contributed by atoms with Gasteiger partial charge in [-0.2, -0.15) is 0 Å². The van der Waals surface area contributed by atoms with Crippen LogP contribution in [0.15, 0.2) is 82.2 Å². The van der Waals surface area contributed by atoms with Crippen LogP contribution < -0.4 is 24.8 Å². The topological polar surface area (TPSA) is 0 Å². The van der Waals surface area contributed by atoms with Gasteiger partial charge in [-0.1, -0.05) is 0 Å². The second-order valence-electron chi connectivity index (χ2n) is 12.4. The van der Waals surface area contributed by atoms with E-state index < -0.39 is 21.3 Å². The summed E-state index contributed by atoms with van der Waals surface area (Å²) in [6.07, 6.45) is 8.19. The molecule has 0 unspecified atom stereocenters. The Morgan fingerprint density at radius 3 is 1.78 bits per heavy atom. The molecule has 0 N–H and O–H groups in total. The molecule has 0 bridgehead atoms. The van der Waals surface area contributed by atoms with Crippen molar-refractivity contribution < 1.29 is 46.1 Å². The normalized spacial score (nSPS) is 14.5. The summed E-state index contributed by atoms with van der Waals surface area (Å²) in [4.78, 5) is 0. The third kappa shape index (κ3) is 6.06. The van der Waals surface area contributed by atoms with E-state index in [1.807, 2.05) is 0 Å². The van der Waals surface area contributed by atoms with Crippen LogP contribution in [0.25, 0.3) is 11.1 Å². The minimum Gasteiger partial charge on any atom is -1.00 e. The minimum absolute atomic E-state index is 0. The largest absolute Gasteiger partial charge is 1.00 e. The molecule has 2 aliphatic carbocycles. The first-order valence-electron chi connectivity index (χ1n) is 13.0. The van der Waals surface area contributed by atoms with Crippen LogP contribution in [-0.2, 0) is 32.1 Å². The van der Waals surface area contributed by atoms with Gasteiger partial charge in [0.1, 0.15) is 0 Å². The van der Waals surface area contributed by atoms with Gasteiger partial charge < -0.3 is 24.8 Å². The van der Waals surface area contributed by atoms with Gasteiger partial charge in [0.05, 0.1) is 0 Å². The van der Waals surface area contributed by atoms with Gasteiger partial charge in [0.25, 0.3) is 0 Å². The first kappa shape index (κ1) is 30.0. The smallest absolute Gasteiger partial charge is 1.00 e. The summed E-state index contributed by atoms with van der Waals surface area (Å²) < 4.78 is 4.95. The number of halogens is 2. The molecule has 0 saturated heterocycles. The van der Waals surface area contributed by atoms with Crippen LogP contribution in [0.5, 0.6) is 0 Å². The van der Waals surface area contributed by atoms with Gasteiger partial charge >= 0.3 is 221 Å². The standard InChI is InChI=1S/C21H25.C8H8.C5H5.2ClH.Zr/c1-20(2,3)16-9-7-14-11-15-8-10-17(21(4,5)6)13-19(15)18(14)12-16;1-7-4-3-5-8(2)6-7;1-2-4-5-3-1;;;/h7-13H,1-6H3;1,3-6H,2H3;1-3H,4H2;2*1H;/q;;;;;+2/p-2. The number of allylic oxidation sites excluding steroid dienone is 4. The molecule has 0 radical (unpaired) electrons. The van der Waals surface area contributed by atoms with Crippen LogP contribution in [0.4, 0.5) is 0 Å². The Kier molecular flexibility index (Phi) is 9.17. The zero-order valence-electron chi connectivity index (χ0n) is 23.1. The third-order valence-corrected chi connectivity index (χ3v) is 14.9. The number of aryl methyl sites for hydroxylation is 1. The van der Waals surface area contributed by atoms with Crippen molar-refractivity contribution in [1.29, 1.82) is 0 Å². The average Bonchev–Trinajstić information content (AvgIpc) is 3.42. The quantitative estimate of drug-likeness (QED) is 0.429. The van der Waals surface area contributed by atoms with Crippen LogP contribution >= 0.6 is 0 Å². The summed E-state index contributed by atoms with van der Waals surface area (Å²) in [5.41, 5.74) is 12.0. The Labute approximate surface area is 244 Å². The molecule has 0 heterocycles. The molecule has 0 nitrogen and oxygen atoms in total. The Morgan fingerprint density at radius 1 is 0.757 bits per heavy atom. The Morgan fingerprint density at radius 2 is 1.32 bits per heavy atom. The Balaban J connectivity index is 0.00000190. The fourth-order valence-corrected chi connectivity index (χ4v) is 13.0. The summed E-state index contributed by atoms with van der Waals surface area (Å²) in [5.74, 6) is 0. The van der Waals surface area contributed by atoms with E-state index in [0.717, 1.165) is 6.42 Å². The molecule has 0 aromatic heterocycles. The Bertz CT molecular complexity index is 1330. The molecule has 5 rings (SSSR count). The number of hydrogen-bond acceptors (Lipinski definition) is 0. The van der Waals surface area contributed by atoms with E-state index in [2.05, 4.69) is 131 Å². The van der Waals surface area contributed by atoms with Gasteiger partial charge in [-0.05, 0) is 0 Å². The van der Waals surface area contributed by atoms with Crippen molar-refractivity contribution in [2.75, 3.05) is 0 Å². The SMILES string of the molecule is Cc1cccc(/[CH]=[Zr+2](\[C]2=CC=CC2)[CH]2c3ccc(C(C)(C)C)cc3-c3cc(C(C)(C)C)ccc32)c1.[Cl-].[Cl-]. The van der Waals surface area contributed by atoms with Gasteiger partial charge in [-0.25, -0.2) is 0 Å². The van der Waals surface area contributed by atoms with Crippen LogP contribution in [0.3, 0.4) is 0 Å². The van der Waals surface area contributed by atoms with Crippen LogP contribution in [0.2, 0.25) is 0 Å². The van der Waals surface area contributed by atoms with Gasteiger partial charge in [-0.3, -0.25) is 0 Å². The van der Waals surface area contributed by atoms with Gasteiger partial charge in [0.15, 0.2) is 0 Å². The van der Waals surface area contributed by atoms with Crippen LogP contribution in [-0.4, -0.2) is 3.71 Å². The molecule has 0 atom stereocenters. The molecule has 0 fully saturated rings. The molecular formula is C34H38Cl2Zr. The molecule has 192 valence electrons.